The zero-order chi connectivity index (χ0) is 24.0. The zero-order valence-electron chi connectivity index (χ0n) is 22.6. The lowest BCUT2D eigenvalue weighted by atomic mass is 9.32. The summed E-state index contributed by atoms with van der Waals surface area (Å²) in [4.78, 5) is 0. The minimum atomic E-state index is -0.143. The van der Waals surface area contributed by atoms with Gasteiger partial charge in [-0.15, -0.1) is 0 Å². The van der Waals surface area contributed by atoms with Crippen molar-refractivity contribution in [1.29, 1.82) is 0 Å². The van der Waals surface area contributed by atoms with Gasteiger partial charge in [0, 0.05) is 6.61 Å². The lowest BCUT2D eigenvalue weighted by Crippen LogP contribution is -2.66. The van der Waals surface area contributed by atoms with Gasteiger partial charge >= 0.3 is 0 Å². The van der Waals surface area contributed by atoms with Crippen molar-refractivity contribution in [1.82, 2.24) is 0 Å². The molecule has 2 N–H and O–H groups in total. The van der Waals surface area contributed by atoms with E-state index in [1.54, 1.807) is 0 Å². The highest BCUT2D eigenvalue weighted by Gasteiger charge is 2.70. The summed E-state index contributed by atoms with van der Waals surface area (Å²) in [7, 11) is 0. The SMILES string of the molecule is C=C(C)[C@@H]1CC[C@]2(CCO)CC[C@]3(C)[C@H](CC[C@@H]4[C@@]5(C)CC[C@H](O)C(C)(C)[C@@H]5CC[C@]43C)[C@@H]12. The third-order valence-electron chi connectivity index (χ3n) is 13.8. The summed E-state index contributed by atoms with van der Waals surface area (Å²) in [6, 6.07) is 0. The topological polar surface area (TPSA) is 40.5 Å². The van der Waals surface area contributed by atoms with Crippen LogP contribution in [0.5, 0.6) is 0 Å². The molecule has 5 fully saturated rings. The van der Waals surface area contributed by atoms with E-state index in [1.165, 1.54) is 63.4 Å². The summed E-state index contributed by atoms with van der Waals surface area (Å²) < 4.78 is 0. The van der Waals surface area contributed by atoms with Gasteiger partial charge in [-0.25, -0.2) is 0 Å². The molecule has 10 atom stereocenters. The second-order valence-electron chi connectivity index (χ2n) is 14.9. The highest BCUT2D eigenvalue weighted by molar-refractivity contribution is 5.21. The van der Waals surface area contributed by atoms with Crippen LogP contribution in [0.15, 0.2) is 12.2 Å². The zero-order valence-corrected chi connectivity index (χ0v) is 22.6. The summed E-state index contributed by atoms with van der Waals surface area (Å²) in [5, 5.41) is 21.0. The molecular formula is C31H52O2. The second kappa shape index (κ2) is 7.58. The Kier molecular flexibility index (Phi) is 5.60. The minimum absolute atomic E-state index is 0.0332. The van der Waals surface area contributed by atoms with E-state index in [1.807, 2.05) is 0 Å². The molecule has 0 aromatic carbocycles. The molecule has 5 rings (SSSR count). The van der Waals surface area contributed by atoms with E-state index in [-0.39, 0.29) is 11.5 Å². The smallest absolute Gasteiger partial charge is 0.0594 e. The molecule has 0 aromatic heterocycles. The number of hydrogen-bond donors (Lipinski definition) is 2. The van der Waals surface area contributed by atoms with Crippen LogP contribution in [0.2, 0.25) is 0 Å². The van der Waals surface area contributed by atoms with Crippen LogP contribution in [0.3, 0.4) is 0 Å². The number of allylic oxidation sites excluding steroid dienone is 1. The second-order valence-corrected chi connectivity index (χ2v) is 14.9. The van der Waals surface area contributed by atoms with Gasteiger partial charge in [-0.1, -0.05) is 46.8 Å². The van der Waals surface area contributed by atoms with Crippen LogP contribution in [0.25, 0.3) is 0 Å². The molecule has 0 aromatic rings. The lowest BCUT2D eigenvalue weighted by molar-refractivity contribution is -0.248. The van der Waals surface area contributed by atoms with E-state index in [0.717, 1.165) is 24.7 Å². The predicted molar refractivity (Wildman–Crippen MR) is 137 cm³/mol. The Morgan fingerprint density at radius 1 is 0.818 bits per heavy atom. The number of aliphatic hydroxyl groups is 2. The summed E-state index contributed by atoms with van der Waals surface area (Å²) in [6.45, 7) is 19.8. The largest absolute Gasteiger partial charge is 0.396 e. The molecule has 33 heavy (non-hydrogen) atoms. The molecule has 2 nitrogen and oxygen atoms in total. The highest BCUT2D eigenvalue weighted by Crippen LogP contribution is 2.77. The number of rotatable bonds is 3. The monoisotopic (exact) mass is 456 g/mol. The average molecular weight is 457 g/mol. The summed E-state index contributed by atoms with van der Waals surface area (Å²) in [6.07, 6.45) is 13.6. The molecule has 5 saturated carbocycles. The number of hydrogen-bond acceptors (Lipinski definition) is 2. The Balaban J connectivity index is 1.54. The molecular weight excluding hydrogens is 404 g/mol. The normalized spacial score (nSPS) is 55.2. The van der Waals surface area contributed by atoms with Crippen LogP contribution < -0.4 is 0 Å². The molecule has 0 unspecified atom stereocenters. The number of fused-ring (bicyclic) bond motifs is 7. The molecule has 0 saturated heterocycles. The van der Waals surface area contributed by atoms with Crippen molar-refractivity contribution >= 4 is 0 Å². The van der Waals surface area contributed by atoms with E-state index < -0.39 is 0 Å². The number of aliphatic hydroxyl groups excluding tert-OH is 2. The van der Waals surface area contributed by atoms with Crippen LogP contribution in [-0.2, 0) is 0 Å². The van der Waals surface area contributed by atoms with Gasteiger partial charge in [0.05, 0.1) is 6.10 Å². The van der Waals surface area contributed by atoms with Crippen molar-refractivity contribution in [2.24, 2.45) is 56.7 Å². The van der Waals surface area contributed by atoms with Crippen molar-refractivity contribution in [3.63, 3.8) is 0 Å². The average Bonchev–Trinajstić information content (AvgIpc) is 3.12. The quantitative estimate of drug-likeness (QED) is 0.435. The first-order valence-corrected chi connectivity index (χ1v) is 14.3. The third-order valence-corrected chi connectivity index (χ3v) is 13.8. The van der Waals surface area contributed by atoms with Crippen molar-refractivity contribution < 1.29 is 10.2 Å². The first-order chi connectivity index (χ1) is 15.4. The maximum Gasteiger partial charge on any atom is 0.0594 e. The summed E-state index contributed by atoms with van der Waals surface area (Å²) >= 11 is 0. The van der Waals surface area contributed by atoms with Crippen molar-refractivity contribution in [3.05, 3.63) is 12.2 Å². The first-order valence-electron chi connectivity index (χ1n) is 14.3. The Morgan fingerprint density at radius 3 is 2.21 bits per heavy atom. The third kappa shape index (κ3) is 2.98. The maximum absolute atomic E-state index is 10.9. The van der Waals surface area contributed by atoms with Gasteiger partial charge in [0.1, 0.15) is 0 Å². The van der Waals surface area contributed by atoms with Crippen molar-refractivity contribution in [2.45, 2.75) is 118 Å². The van der Waals surface area contributed by atoms with Gasteiger partial charge in [0.25, 0.3) is 0 Å². The van der Waals surface area contributed by atoms with E-state index in [9.17, 15) is 10.2 Å². The highest BCUT2D eigenvalue weighted by atomic mass is 16.3. The first kappa shape index (κ1) is 24.4. The fraction of sp³-hybridized carbons (Fsp3) is 0.935. The molecule has 0 radical (unpaired) electrons. The van der Waals surface area contributed by atoms with Gasteiger partial charge in [0.2, 0.25) is 0 Å². The Bertz CT molecular complexity index is 801. The maximum atomic E-state index is 10.9. The molecule has 0 amide bonds. The van der Waals surface area contributed by atoms with Gasteiger partial charge in [-0.3, -0.25) is 0 Å². The lowest BCUT2D eigenvalue weighted by Gasteiger charge is -2.73. The summed E-state index contributed by atoms with van der Waals surface area (Å²) in [5.41, 5.74) is 2.90. The molecule has 188 valence electrons. The van der Waals surface area contributed by atoms with E-state index in [2.05, 4.69) is 48.1 Å². The van der Waals surface area contributed by atoms with Gasteiger partial charge in [0.15, 0.2) is 0 Å². The van der Waals surface area contributed by atoms with Crippen LogP contribution in [0.1, 0.15) is 112 Å². The van der Waals surface area contributed by atoms with Crippen molar-refractivity contribution in [2.75, 3.05) is 6.61 Å². The Labute approximate surface area is 204 Å². The molecule has 0 aliphatic heterocycles. The minimum Gasteiger partial charge on any atom is -0.396 e. The molecule has 5 aliphatic carbocycles. The van der Waals surface area contributed by atoms with Gasteiger partial charge in [-0.2, -0.15) is 0 Å². The predicted octanol–water partition coefficient (Wildman–Crippen LogP) is 7.39. The summed E-state index contributed by atoms with van der Waals surface area (Å²) in [5.74, 6) is 3.54. The molecule has 0 bridgehead atoms. The molecule has 5 aliphatic rings. The standard InChI is InChI=1S/C31H52O2/c1-20(2)21-10-15-31(18-19-32)17-16-29(6)22(26(21)31)8-9-24-28(5)13-12-25(33)27(3,4)23(28)11-14-30(24,29)7/h21-26,32-33H,1,8-19H2,2-7H3/t21-,22+,23-,24+,25-,26+,28-,29+,30+,31+/m0/s1. The Morgan fingerprint density at radius 2 is 1.55 bits per heavy atom. The van der Waals surface area contributed by atoms with Gasteiger partial charge in [-0.05, 0) is 134 Å². The van der Waals surface area contributed by atoms with E-state index in [4.69, 9.17) is 0 Å². The fourth-order valence-corrected chi connectivity index (χ4v) is 11.9. The van der Waals surface area contributed by atoms with Crippen LogP contribution in [-0.4, -0.2) is 22.9 Å². The fourth-order valence-electron chi connectivity index (χ4n) is 11.9. The Hall–Kier alpha value is -0.340. The molecule has 2 heteroatoms. The van der Waals surface area contributed by atoms with Crippen molar-refractivity contribution in [3.8, 4) is 0 Å². The van der Waals surface area contributed by atoms with Crippen LogP contribution >= 0.6 is 0 Å². The van der Waals surface area contributed by atoms with E-state index >= 15 is 0 Å². The van der Waals surface area contributed by atoms with Crippen LogP contribution in [0, 0.1) is 56.7 Å². The van der Waals surface area contributed by atoms with Gasteiger partial charge < -0.3 is 10.2 Å². The van der Waals surface area contributed by atoms with Crippen LogP contribution in [0.4, 0.5) is 0 Å². The molecule has 0 heterocycles. The van der Waals surface area contributed by atoms with E-state index in [0.29, 0.717) is 46.0 Å². The molecule has 0 spiro atoms.